The molecule has 0 bridgehead atoms. The number of benzene rings is 3. The summed E-state index contributed by atoms with van der Waals surface area (Å²) < 4.78 is 13.3. The van der Waals surface area contributed by atoms with Crippen LogP contribution in [0.15, 0.2) is 91.3 Å². The van der Waals surface area contributed by atoms with Gasteiger partial charge in [-0.3, -0.25) is 4.98 Å². The van der Waals surface area contributed by atoms with E-state index in [-0.39, 0.29) is 11.6 Å². The van der Waals surface area contributed by atoms with Crippen LogP contribution < -0.4 is 5.32 Å². The van der Waals surface area contributed by atoms with Crippen molar-refractivity contribution in [3.8, 4) is 28.3 Å². The van der Waals surface area contributed by atoms with Crippen LogP contribution in [0.25, 0.3) is 33.4 Å². The van der Waals surface area contributed by atoms with E-state index in [9.17, 15) is 9.50 Å². The van der Waals surface area contributed by atoms with Crippen LogP contribution >= 0.6 is 0 Å². The zero-order chi connectivity index (χ0) is 21.2. The van der Waals surface area contributed by atoms with E-state index in [0.29, 0.717) is 17.3 Å². The number of pyridine rings is 1. The molecule has 2 heterocycles. The minimum atomic E-state index is -0.275. The standard InChI is InChI=1S/C25H17FN4O/c26-19-9-6-16(7-10-19)17-8-11-22-23(13-17)29-24(18-3-2-12-27-15-18)30-25(22)28-20-4-1-5-21(31)14-20/h1-15,31H,(H,28,29,30). The maximum atomic E-state index is 13.3. The third kappa shape index (κ3) is 3.91. The van der Waals surface area contributed by atoms with Crippen LogP contribution in [-0.4, -0.2) is 20.1 Å². The van der Waals surface area contributed by atoms with Crippen LogP contribution in [-0.2, 0) is 0 Å². The molecule has 5 aromatic rings. The summed E-state index contributed by atoms with van der Waals surface area (Å²) in [6.07, 6.45) is 3.41. The van der Waals surface area contributed by atoms with E-state index in [0.717, 1.165) is 27.6 Å². The molecule has 2 aromatic heterocycles. The Morgan fingerprint density at radius 1 is 0.774 bits per heavy atom. The van der Waals surface area contributed by atoms with Crippen molar-refractivity contribution in [1.29, 1.82) is 0 Å². The highest BCUT2D eigenvalue weighted by Gasteiger charge is 2.12. The highest BCUT2D eigenvalue weighted by molar-refractivity contribution is 5.94. The molecule has 0 aliphatic carbocycles. The number of hydrogen-bond donors (Lipinski definition) is 2. The molecule has 5 nitrogen and oxygen atoms in total. The van der Waals surface area contributed by atoms with E-state index in [1.807, 2.05) is 36.4 Å². The number of aromatic nitrogens is 3. The molecule has 0 amide bonds. The van der Waals surface area contributed by atoms with Crippen molar-refractivity contribution in [3.05, 3.63) is 97.1 Å². The molecule has 3 aromatic carbocycles. The van der Waals surface area contributed by atoms with Crippen molar-refractivity contribution in [2.45, 2.75) is 0 Å². The van der Waals surface area contributed by atoms with Crippen LogP contribution in [0.4, 0.5) is 15.9 Å². The molecular weight excluding hydrogens is 391 g/mol. The zero-order valence-corrected chi connectivity index (χ0v) is 16.3. The smallest absolute Gasteiger partial charge is 0.163 e. The SMILES string of the molecule is Oc1cccc(Nc2nc(-c3cccnc3)nc3cc(-c4ccc(F)cc4)ccc23)c1. The summed E-state index contributed by atoms with van der Waals surface area (Å²) in [6, 6.07) is 22.8. The summed E-state index contributed by atoms with van der Waals surface area (Å²) in [6.45, 7) is 0. The van der Waals surface area contributed by atoms with Gasteiger partial charge in [-0.15, -0.1) is 0 Å². The Morgan fingerprint density at radius 3 is 2.39 bits per heavy atom. The average Bonchev–Trinajstić information content (AvgIpc) is 2.80. The largest absolute Gasteiger partial charge is 0.508 e. The molecule has 2 N–H and O–H groups in total. The van der Waals surface area contributed by atoms with Gasteiger partial charge in [0.2, 0.25) is 0 Å². The first-order valence-electron chi connectivity index (χ1n) is 9.70. The Morgan fingerprint density at radius 2 is 1.61 bits per heavy atom. The molecule has 0 aliphatic rings. The van der Waals surface area contributed by atoms with Gasteiger partial charge in [0.15, 0.2) is 5.82 Å². The molecule has 5 rings (SSSR count). The lowest BCUT2D eigenvalue weighted by molar-refractivity contribution is 0.475. The van der Waals surface area contributed by atoms with Gasteiger partial charge in [0.05, 0.1) is 5.52 Å². The van der Waals surface area contributed by atoms with Crippen LogP contribution in [0.5, 0.6) is 5.75 Å². The molecule has 6 heteroatoms. The summed E-state index contributed by atoms with van der Waals surface area (Å²) in [5.41, 5.74) is 4.05. The summed E-state index contributed by atoms with van der Waals surface area (Å²) in [5, 5.41) is 13.9. The molecule has 0 radical (unpaired) electrons. The van der Waals surface area contributed by atoms with Crippen molar-refractivity contribution in [3.63, 3.8) is 0 Å². The number of anilines is 2. The van der Waals surface area contributed by atoms with Crippen molar-refractivity contribution < 1.29 is 9.50 Å². The number of phenolic OH excluding ortho intramolecular Hbond substituents is 1. The van der Waals surface area contributed by atoms with Gasteiger partial charge in [-0.05, 0) is 59.7 Å². The predicted molar refractivity (Wildman–Crippen MR) is 120 cm³/mol. The van der Waals surface area contributed by atoms with Gasteiger partial charge >= 0.3 is 0 Å². The van der Waals surface area contributed by atoms with Crippen molar-refractivity contribution in [2.75, 3.05) is 5.32 Å². The summed E-state index contributed by atoms with van der Waals surface area (Å²) in [5.74, 6) is 1.03. The molecule has 150 valence electrons. The number of hydrogen-bond acceptors (Lipinski definition) is 5. The molecule has 0 saturated heterocycles. The second kappa shape index (κ2) is 7.84. The fourth-order valence-corrected chi connectivity index (χ4v) is 3.39. The first kappa shape index (κ1) is 18.7. The quantitative estimate of drug-likeness (QED) is 0.385. The number of halogens is 1. The summed E-state index contributed by atoms with van der Waals surface area (Å²) >= 11 is 0. The lowest BCUT2D eigenvalue weighted by atomic mass is 10.0. The number of rotatable bonds is 4. The fourth-order valence-electron chi connectivity index (χ4n) is 3.39. The minimum Gasteiger partial charge on any atom is -0.508 e. The van der Waals surface area contributed by atoms with Gasteiger partial charge in [0, 0.05) is 35.1 Å². The maximum Gasteiger partial charge on any atom is 0.163 e. The second-order valence-electron chi connectivity index (χ2n) is 7.05. The number of nitrogens with one attached hydrogen (secondary N) is 1. The van der Waals surface area contributed by atoms with Gasteiger partial charge in [-0.1, -0.05) is 24.3 Å². The zero-order valence-electron chi connectivity index (χ0n) is 16.3. The maximum absolute atomic E-state index is 13.3. The van der Waals surface area contributed by atoms with Crippen molar-refractivity contribution in [2.24, 2.45) is 0 Å². The Bertz CT molecular complexity index is 1370. The Balaban J connectivity index is 1.67. The van der Waals surface area contributed by atoms with E-state index < -0.39 is 0 Å². The average molecular weight is 408 g/mol. The topological polar surface area (TPSA) is 70.9 Å². The molecule has 0 aliphatic heterocycles. The Labute approximate surface area is 177 Å². The van der Waals surface area contributed by atoms with Crippen LogP contribution in [0.3, 0.4) is 0 Å². The number of phenols is 1. The molecule has 0 unspecified atom stereocenters. The van der Waals surface area contributed by atoms with Gasteiger partial charge < -0.3 is 10.4 Å². The lowest BCUT2D eigenvalue weighted by Gasteiger charge is -2.12. The lowest BCUT2D eigenvalue weighted by Crippen LogP contribution is -2.00. The normalized spacial score (nSPS) is 10.9. The first-order valence-corrected chi connectivity index (χ1v) is 9.70. The Kier molecular flexibility index (Phi) is 4.72. The second-order valence-corrected chi connectivity index (χ2v) is 7.05. The van der Waals surface area contributed by atoms with Gasteiger partial charge in [0.1, 0.15) is 17.4 Å². The summed E-state index contributed by atoms with van der Waals surface area (Å²) in [7, 11) is 0. The van der Waals surface area contributed by atoms with Crippen LogP contribution in [0, 0.1) is 5.82 Å². The third-order valence-corrected chi connectivity index (χ3v) is 4.90. The van der Waals surface area contributed by atoms with Gasteiger partial charge in [-0.2, -0.15) is 0 Å². The Hall–Kier alpha value is -4.32. The van der Waals surface area contributed by atoms with E-state index in [4.69, 9.17) is 9.97 Å². The molecule has 0 fully saturated rings. The monoisotopic (exact) mass is 408 g/mol. The number of fused-ring (bicyclic) bond motifs is 1. The van der Waals surface area contributed by atoms with Crippen molar-refractivity contribution in [1.82, 2.24) is 15.0 Å². The predicted octanol–water partition coefficient (Wildman–Crippen LogP) is 5.95. The minimum absolute atomic E-state index is 0.162. The number of aromatic hydroxyl groups is 1. The van der Waals surface area contributed by atoms with Gasteiger partial charge in [0.25, 0.3) is 0 Å². The highest BCUT2D eigenvalue weighted by Crippen LogP contribution is 2.31. The fraction of sp³-hybridized carbons (Fsp3) is 0. The van der Waals surface area contributed by atoms with Crippen LogP contribution in [0.2, 0.25) is 0 Å². The van der Waals surface area contributed by atoms with Crippen LogP contribution in [0.1, 0.15) is 0 Å². The summed E-state index contributed by atoms with van der Waals surface area (Å²) in [4.78, 5) is 13.6. The van der Waals surface area contributed by atoms with E-state index in [1.54, 1.807) is 42.7 Å². The third-order valence-electron chi connectivity index (χ3n) is 4.90. The molecule has 0 atom stereocenters. The van der Waals surface area contributed by atoms with Gasteiger partial charge in [-0.25, -0.2) is 14.4 Å². The molecular formula is C25H17FN4O. The van der Waals surface area contributed by atoms with E-state index in [2.05, 4.69) is 10.3 Å². The molecule has 31 heavy (non-hydrogen) atoms. The molecule has 0 spiro atoms. The number of nitrogens with zero attached hydrogens (tertiary/aromatic N) is 3. The van der Waals surface area contributed by atoms with E-state index >= 15 is 0 Å². The van der Waals surface area contributed by atoms with E-state index in [1.165, 1.54) is 12.1 Å². The van der Waals surface area contributed by atoms with Crippen molar-refractivity contribution >= 4 is 22.4 Å². The first-order chi connectivity index (χ1) is 15.2. The highest BCUT2D eigenvalue weighted by atomic mass is 19.1. The molecule has 0 saturated carbocycles.